The topological polar surface area (TPSA) is 105 Å². The number of esters is 4. The van der Waals surface area contributed by atoms with Gasteiger partial charge in [0.05, 0.1) is 0 Å². The Labute approximate surface area is 102 Å². The molecule has 0 unspecified atom stereocenters. The molecule has 0 radical (unpaired) electrons. The van der Waals surface area contributed by atoms with Gasteiger partial charge in [0.25, 0.3) is 0 Å². The quantitative estimate of drug-likeness (QED) is 0.363. The zero-order valence-electron chi connectivity index (χ0n) is 9.83. The third-order valence-electron chi connectivity index (χ3n) is 1.28. The van der Waals surface area contributed by atoms with E-state index < -0.39 is 37.5 Å². The minimum Gasteiger partial charge on any atom is -0.428 e. The van der Waals surface area contributed by atoms with Gasteiger partial charge in [-0.2, -0.15) is 0 Å². The van der Waals surface area contributed by atoms with Gasteiger partial charge < -0.3 is 18.9 Å². The molecule has 0 aromatic heterocycles. The highest BCUT2D eigenvalue weighted by atomic mass is 16.7. The fourth-order valence-corrected chi connectivity index (χ4v) is 0.573. The van der Waals surface area contributed by atoms with Crippen LogP contribution >= 0.6 is 0 Å². The first-order valence-corrected chi connectivity index (χ1v) is 4.70. The van der Waals surface area contributed by atoms with Crippen LogP contribution in [0.1, 0.15) is 13.8 Å². The first kappa shape index (κ1) is 15.6. The van der Waals surface area contributed by atoms with Gasteiger partial charge in [-0.25, -0.2) is 9.59 Å². The standard InChI is InChI=1S/C10H12O8/c1-7(11)15-5-17-9(13)3-4-10(14)18-6-16-8(2)12/h3-4H,5-6H2,1-2H3/b4-3-. The molecule has 0 bridgehead atoms. The lowest BCUT2D eigenvalue weighted by Crippen LogP contribution is -2.11. The highest BCUT2D eigenvalue weighted by molar-refractivity contribution is 5.91. The normalized spacial score (nSPS) is 9.67. The van der Waals surface area contributed by atoms with Gasteiger partial charge in [-0.05, 0) is 0 Å². The fourth-order valence-electron chi connectivity index (χ4n) is 0.573. The van der Waals surface area contributed by atoms with Crippen LogP contribution in [0, 0.1) is 0 Å². The highest BCUT2D eigenvalue weighted by Gasteiger charge is 2.02. The molecule has 0 aromatic carbocycles. The van der Waals surface area contributed by atoms with Crippen molar-refractivity contribution in [1.82, 2.24) is 0 Å². The van der Waals surface area contributed by atoms with E-state index in [-0.39, 0.29) is 0 Å². The van der Waals surface area contributed by atoms with E-state index in [1.807, 2.05) is 0 Å². The Morgan fingerprint density at radius 3 is 1.33 bits per heavy atom. The van der Waals surface area contributed by atoms with Crippen LogP contribution in [0.4, 0.5) is 0 Å². The van der Waals surface area contributed by atoms with E-state index in [1.165, 1.54) is 0 Å². The van der Waals surface area contributed by atoms with Gasteiger partial charge in [-0.15, -0.1) is 0 Å². The second-order valence-electron chi connectivity index (χ2n) is 2.77. The Hall–Kier alpha value is -2.38. The Morgan fingerprint density at radius 2 is 1.06 bits per heavy atom. The minimum atomic E-state index is -0.888. The molecule has 0 saturated heterocycles. The third-order valence-corrected chi connectivity index (χ3v) is 1.28. The van der Waals surface area contributed by atoms with E-state index in [0.29, 0.717) is 0 Å². The number of rotatable bonds is 6. The van der Waals surface area contributed by atoms with Crippen molar-refractivity contribution in [3.05, 3.63) is 12.2 Å². The number of hydrogen-bond acceptors (Lipinski definition) is 8. The summed E-state index contributed by atoms with van der Waals surface area (Å²) < 4.78 is 17.4. The van der Waals surface area contributed by atoms with Gasteiger partial charge in [0, 0.05) is 26.0 Å². The summed E-state index contributed by atoms with van der Waals surface area (Å²) >= 11 is 0. The number of hydrogen-bond donors (Lipinski definition) is 0. The molecule has 18 heavy (non-hydrogen) atoms. The molecular weight excluding hydrogens is 248 g/mol. The second-order valence-corrected chi connectivity index (χ2v) is 2.77. The van der Waals surface area contributed by atoms with E-state index in [0.717, 1.165) is 26.0 Å². The average Bonchev–Trinajstić information content (AvgIpc) is 2.25. The van der Waals surface area contributed by atoms with Crippen LogP contribution < -0.4 is 0 Å². The molecule has 0 heterocycles. The SMILES string of the molecule is CC(=O)OCOC(=O)/C=C\C(=O)OCOC(C)=O. The average molecular weight is 260 g/mol. The largest absolute Gasteiger partial charge is 0.428 e. The molecule has 8 heteroatoms. The lowest BCUT2D eigenvalue weighted by Gasteiger charge is -2.02. The first-order chi connectivity index (χ1) is 8.41. The molecule has 0 N–H and O–H groups in total. The summed E-state index contributed by atoms with van der Waals surface area (Å²) in [5.41, 5.74) is 0. The Morgan fingerprint density at radius 1 is 0.722 bits per heavy atom. The van der Waals surface area contributed by atoms with Crippen LogP contribution in [0.3, 0.4) is 0 Å². The second kappa shape index (κ2) is 8.74. The number of ether oxygens (including phenoxy) is 4. The molecule has 0 fully saturated rings. The summed E-state index contributed by atoms with van der Waals surface area (Å²) in [7, 11) is 0. The monoisotopic (exact) mass is 260 g/mol. The summed E-state index contributed by atoms with van der Waals surface area (Å²) in [5, 5.41) is 0. The van der Waals surface area contributed by atoms with Crippen molar-refractivity contribution in [3.8, 4) is 0 Å². The van der Waals surface area contributed by atoms with Crippen molar-refractivity contribution in [2.24, 2.45) is 0 Å². The molecule has 0 aliphatic rings. The van der Waals surface area contributed by atoms with E-state index in [4.69, 9.17) is 0 Å². The molecule has 0 rings (SSSR count). The summed E-state index contributed by atoms with van der Waals surface area (Å²) in [6.07, 6.45) is 1.55. The van der Waals surface area contributed by atoms with Gasteiger partial charge >= 0.3 is 23.9 Å². The predicted molar refractivity (Wildman–Crippen MR) is 54.6 cm³/mol. The summed E-state index contributed by atoms with van der Waals surface area (Å²) in [6.45, 7) is 1.22. The van der Waals surface area contributed by atoms with Gasteiger partial charge in [-0.3, -0.25) is 9.59 Å². The minimum absolute atomic E-state index is 0.541. The van der Waals surface area contributed by atoms with Gasteiger partial charge in [0.15, 0.2) is 0 Å². The lowest BCUT2D eigenvalue weighted by molar-refractivity contribution is -0.165. The van der Waals surface area contributed by atoms with E-state index in [2.05, 4.69) is 18.9 Å². The Bertz CT molecular complexity index is 323. The van der Waals surface area contributed by atoms with Crippen LogP contribution in [0.15, 0.2) is 12.2 Å². The molecule has 8 nitrogen and oxygen atoms in total. The fraction of sp³-hybridized carbons (Fsp3) is 0.400. The third kappa shape index (κ3) is 10.1. The lowest BCUT2D eigenvalue weighted by atomic mass is 10.5. The highest BCUT2D eigenvalue weighted by Crippen LogP contribution is 1.88. The van der Waals surface area contributed by atoms with Gasteiger partial charge in [-0.1, -0.05) is 0 Å². The van der Waals surface area contributed by atoms with Crippen LogP contribution in [0.25, 0.3) is 0 Å². The predicted octanol–water partition coefficient (Wildman–Crippen LogP) is -0.330. The molecule has 0 aliphatic heterocycles. The van der Waals surface area contributed by atoms with Gasteiger partial charge in [0.2, 0.25) is 13.6 Å². The zero-order chi connectivity index (χ0) is 14.0. The maximum atomic E-state index is 10.9. The van der Waals surface area contributed by atoms with E-state index >= 15 is 0 Å². The van der Waals surface area contributed by atoms with Gasteiger partial charge in [0.1, 0.15) is 0 Å². The van der Waals surface area contributed by atoms with E-state index in [9.17, 15) is 19.2 Å². The van der Waals surface area contributed by atoms with Crippen molar-refractivity contribution < 1.29 is 38.1 Å². The van der Waals surface area contributed by atoms with Crippen LogP contribution in [-0.4, -0.2) is 37.5 Å². The first-order valence-electron chi connectivity index (χ1n) is 4.70. The van der Waals surface area contributed by atoms with Crippen molar-refractivity contribution in [2.75, 3.05) is 13.6 Å². The maximum absolute atomic E-state index is 10.9. The summed E-state index contributed by atoms with van der Waals surface area (Å²) in [5.74, 6) is -2.98. The maximum Gasteiger partial charge on any atom is 0.333 e. The Balaban J connectivity index is 3.77. The molecule has 100 valence electrons. The summed E-state index contributed by atoms with van der Waals surface area (Å²) in [6, 6.07) is 0. The smallest absolute Gasteiger partial charge is 0.333 e. The molecule has 0 aromatic rings. The molecule has 0 saturated carbocycles. The Kier molecular flexibility index (Phi) is 7.58. The van der Waals surface area contributed by atoms with Crippen LogP contribution in [0.5, 0.6) is 0 Å². The molecule has 0 aliphatic carbocycles. The van der Waals surface area contributed by atoms with E-state index in [1.54, 1.807) is 0 Å². The number of carbonyl (C=O) groups excluding carboxylic acids is 4. The number of carbonyl (C=O) groups is 4. The molecule has 0 atom stereocenters. The van der Waals surface area contributed by atoms with Crippen molar-refractivity contribution in [2.45, 2.75) is 13.8 Å². The van der Waals surface area contributed by atoms with Crippen molar-refractivity contribution in [1.29, 1.82) is 0 Å². The van der Waals surface area contributed by atoms with Crippen LogP contribution in [0.2, 0.25) is 0 Å². The van der Waals surface area contributed by atoms with Crippen molar-refractivity contribution in [3.63, 3.8) is 0 Å². The molecular formula is C10H12O8. The zero-order valence-corrected chi connectivity index (χ0v) is 9.83. The summed E-state index contributed by atoms with van der Waals surface area (Å²) in [4.78, 5) is 42.5. The molecule has 0 spiro atoms. The molecule has 0 amide bonds. The van der Waals surface area contributed by atoms with Crippen LogP contribution in [-0.2, 0) is 38.1 Å². The van der Waals surface area contributed by atoms with Crippen molar-refractivity contribution >= 4 is 23.9 Å².